The molecular weight excluding hydrogens is 236 g/mol. The van der Waals surface area contributed by atoms with E-state index >= 15 is 0 Å². The first kappa shape index (κ1) is 12.0. The van der Waals surface area contributed by atoms with E-state index in [9.17, 15) is 13.2 Å². The maximum atomic E-state index is 12.4. The average molecular weight is 250 g/mol. The molecule has 2 rings (SSSR count). The predicted molar refractivity (Wildman–Crippen MR) is 65.4 cm³/mol. The van der Waals surface area contributed by atoms with Gasteiger partial charge in [0.25, 0.3) is 0 Å². The standard InChI is InChI=1S/C13H14O3S/c1-10-9-11(14)7-8-13(10)17(15,16)12-5-3-2-4-6-12/h2-6,9,13H,7-8H2,1H3. The van der Waals surface area contributed by atoms with Gasteiger partial charge in [0.05, 0.1) is 10.1 Å². The van der Waals surface area contributed by atoms with E-state index in [4.69, 9.17) is 0 Å². The lowest BCUT2D eigenvalue weighted by Crippen LogP contribution is -2.27. The second kappa shape index (κ2) is 4.45. The maximum absolute atomic E-state index is 12.4. The van der Waals surface area contributed by atoms with Gasteiger partial charge in [0, 0.05) is 6.42 Å². The van der Waals surface area contributed by atoms with Gasteiger partial charge in [0.1, 0.15) is 0 Å². The third-order valence-corrected chi connectivity index (χ3v) is 5.28. The van der Waals surface area contributed by atoms with E-state index in [1.54, 1.807) is 37.3 Å². The third-order valence-electron chi connectivity index (χ3n) is 3.00. The Kier molecular flexibility index (Phi) is 3.15. The highest BCUT2D eigenvalue weighted by atomic mass is 32.2. The number of ketones is 1. The molecule has 0 radical (unpaired) electrons. The van der Waals surface area contributed by atoms with Gasteiger partial charge < -0.3 is 0 Å². The molecule has 0 saturated heterocycles. The van der Waals surface area contributed by atoms with E-state index in [0.717, 1.165) is 0 Å². The largest absolute Gasteiger partial charge is 0.295 e. The number of carbonyl (C=O) groups excluding carboxylic acids is 1. The first-order valence-electron chi connectivity index (χ1n) is 5.52. The minimum atomic E-state index is -3.36. The molecule has 0 saturated carbocycles. The summed E-state index contributed by atoms with van der Waals surface area (Å²) in [5.74, 6) is 0.0158. The topological polar surface area (TPSA) is 51.2 Å². The number of allylic oxidation sites excluding steroid dienone is 1. The van der Waals surface area contributed by atoms with Crippen LogP contribution in [0.25, 0.3) is 0 Å². The number of sulfone groups is 1. The Hall–Kier alpha value is -1.42. The Morgan fingerprint density at radius 3 is 2.41 bits per heavy atom. The number of hydrogen-bond donors (Lipinski definition) is 0. The molecule has 0 spiro atoms. The molecular formula is C13H14O3S. The Morgan fingerprint density at radius 2 is 1.82 bits per heavy atom. The van der Waals surface area contributed by atoms with Crippen LogP contribution in [0.1, 0.15) is 19.8 Å². The summed E-state index contributed by atoms with van der Waals surface area (Å²) >= 11 is 0. The third kappa shape index (κ3) is 2.31. The molecule has 17 heavy (non-hydrogen) atoms. The predicted octanol–water partition coefficient (Wildman–Crippen LogP) is 2.14. The van der Waals surface area contributed by atoms with Crippen molar-refractivity contribution < 1.29 is 13.2 Å². The van der Waals surface area contributed by atoms with E-state index < -0.39 is 15.1 Å². The van der Waals surface area contributed by atoms with Crippen molar-refractivity contribution in [2.45, 2.75) is 29.9 Å². The molecule has 1 unspecified atom stereocenters. The normalized spacial score (nSPS) is 21.1. The maximum Gasteiger partial charge on any atom is 0.185 e. The monoisotopic (exact) mass is 250 g/mol. The van der Waals surface area contributed by atoms with Gasteiger partial charge in [-0.15, -0.1) is 0 Å². The minimum Gasteiger partial charge on any atom is -0.295 e. The number of hydrogen-bond acceptors (Lipinski definition) is 3. The van der Waals surface area contributed by atoms with Crippen LogP contribution < -0.4 is 0 Å². The Labute approximate surface area is 101 Å². The van der Waals surface area contributed by atoms with Gasteiger partial charge in [-0.2, -0.15) is 0 Å². The summed E-state index contributed by atoms with van der Waals surface area (Å²) < 4.78 is 24.7. The second-order valence-electron chi connectivity index (χ2n) is 4.24. The first-order chi connectivity index (χ1) is 8.01. The Morgan fingerprint density at radius 1 is 1.18 bits per heavy atom. The van der Waals surface area contributed by atoms with Crippen LogP contribution in [0, 0.1) is 0 Å². The Balaban J connectivity index is 2.41. The fourth-order valence-corrected chi connectivity index (χ4v) is 3.95. The highest BCUT2D eigenvalue weighted by Crippen LogP contribution is 2.27. The Bertz CT molecular complexity index is 556. The van der Waals surface area contributed by atoms with Crippen LogP contribution in [-0.2, 0) is 14.6 Å². The van der Waals surface area contributed by atoms with Gasteiger partial charge in [0.15, 0.2) is 15.6 Å². The zero-order valence-electron chi connectivity index (χ0n) is 9.59. The van der Waals surface area contributed by atoms with Crippen LogP contribution in [0.5, 0.6) is 0 Å². The van der Waals surface area contributed by atoms with Crippen LogP contribution in [0.15, 0.2) is 46.9 Å². The number of rotatable bonds is 2. The minimum absolute atomic E-state index is 0.0158. The summed E-state index contributed by atoms with van der Waals surface area (Å²) in [5.41, 5.74) is 0.644. The summed E-state index contributed by atoms with van der Waals surface area (Å²) in [5, 5.41) is -0.553. The van der Waals surface area contributed by atoms with Gasteiger partial charge in [-0.05, 0) is 31.6 Å². The quantitative estimate of drug-likeness (QED) is 0.808. The molecule has 0 amide bonds. The molecule has 0 heterocycles. The molecule has 0 fully saturated rings. The van der Waals surface area contributed by atoms with Crippen LogP contribution in [-0.4, -0.2) is 19.5 Å². The molecule has 0 bridgehead atoms. The van der Waals surface area contributed by atoms with Crippen molar-refractivity contribution in [2.75, 3.05) is 0 Å². The highest BCUT2D eigenvalue weighted by Gasteiger charge is 2.31. The molecule has 0 N–H and O–H groups in total. The molecule has 3 nitrogen and oxygen atoms in total. The summed E-state index contributed by atoms with van der Waals surface area (Å²) in [6.07, 6.45) is 2.15. The summed E-state index contributed by atoms with van der Waals surface area (Å²) in [7, 11) is -3.36. The van der Waals surface area contributed by atoms with Gasteiger partial charge >= 0.3 is 0 Å². The van der Waals surface area contributed by atoms with E-state index in [-0.39, 0.29) is 5.78 Å². The summed E-state index contributed by atoms with van der Waals surface area (Å²) in [6.45, 7) is 1.71. The molecule has 1 aliphatic rings. The molecule has 0 aliphatic heterocycles. The summed E-state index contributed by atoms with van der Waals surface area (Å²) in [4.78, 5) is 11.5. The SMILES string of the molecule is CC1=CC(=O)CCC1S(=O)(=O)c1ccccc1. The van der Waals surface area contributed by atoms with E-state index in [1.165, 1.54) is 6.08 Å². The fraction of sp³-hybridized carbons (Fsp3) is 0.308. The number of carbonyl (C=O) groups is 1. The van der Waals surface area contributed by atoms with Gasteiger partial charge in [-0.1, -0.05) is 23.8 Å². The van der Waals surface area contributed by atoms with Crippen LogP contribution in [0.3, 0.4) is 0 Å². The molecule has 0 aromatic heterocycles. The molecule has 1 aromatic rings. The lowest BCUT2D eigenvalue weighted by atomic mass is 9.99. The highest BCUT2D eigenvalue weighted by molar-refractivity contribution is 7.92. The van der Waals surface area contributed by atoms with Crippen LogP contribution >= 0.6 is 0 Å². The van der Waals surface area contributed by atoms with Crippen molar-refractivity contribution in [3.63, 3.8) is 0 Å². The van der Waals surface area contributed by atoms with Crippen molar-refractivity contribution >= 4 is 15.6 Å². The van der Waals surface area contributed by atoms with Crippen molar-refractivity contribution in [1.29, 1.82) is 0 Å². The zero-order valence-corrected chi connectivity index (χ0v) is 10.4. The molecule has 90 valence electrons. The van der Waals surface area contributed by atoms with Gasteiger partial charge in [0.2, 0.25) is 0 Å². The van der Waals surface area contributed by atoms with E-state index in [1.807, 2.05) is 0 Å². The lowest BCUT2D eigenvalue weighted by molar-refractivity contribution is -0.115. The van der Waals surface area contributed by atoms with Gasteiger partial charge in [-0.25, -0.2) is 8.42 Å². The first-order valence-corrected chi connectivity index (χ1v) is 7.06. The summed E-state index contributed by atoms with van der Waals surface area (Å²) in [6, 6.07) is 8.39. The van der Waals surface area contributed by atoms with Crippen LogP contribution in [0.4, 0.5) is 0 Å². The smallest absolute Gasteiger partial charge is 0.185 e. The van der Waals surface area contributed by atoms with Crippen molar-refractivity contribution in [1.82, 2.24) is 0 Å². The zero-order chi connectivity index (χ0) is 12.5. The molecule has 1 aliphatic carbocycles. The average Bonchev–Trinajstić information content (AvgIpc) is 2.29. The second-order valence-corrected chi connectivity index (χ2v) is 6.37. The fourth-order valence-electron chi connectivity index (χ4n) is 2.09. The van der Waals surface area contributed by atoms with Crippen molar-refractivity contribution in [3.05, 3.63) is 42.0 Å². The van der Waals surface area contributed by atoms with E-state index in [0.29, 0.717) is 23.3 Å². The number of benzene rings is 1. The molecule has 1 aromatic carbocycles. The van der Waals surface area contributed by atoms with Crippen molar-refractivity contribution in [3.8, 4) is 0 Å². The van der Waals surface area contributed by atoms with Gasteiger partial charge in [-0.3, -0.25) is 4.79 Å². The molecule has 1 atom stereocenters. The lowest BCUT2D eigenvalue weighted by Gasteiger charge is -2.21. The van der Waals surface area contributed by atoms with E-state index in [2.05, 4.69) is 0 Å². The van der Waals surface area contributed by atoms with Crippen LogP contribution in [0.2, 0.25) is 0 Å². The molecule has 4 heteroatoms. The van der Waals surface area contributed by atoms with Crippen molar-refractivity contribution in [2.24, 2.45) is 0 Å².